The Bertz CT molecular complexity index is 565. The number of nitro benzene ring substituents is 1. The van der Waals surface area contributed by atoms with Crippen molar-refractivity contribution in [3.8, 4) is 0 Å². The van der Waals surface area contributed by atoms with E-state index >= 15 is 0 Å². The van der Waals surface area contributed by atoms with Crippen LogP contribution < -0.4 is 5.32 Å². The standard InChI is InChI=1S/C12H12N2O7/c15-10(2-1-3-11(16)17)13-8-4-7(12(18)19)5-9(6-8)14(20)21/h4-6H,1-3H2,(H,13,15)(H,16,17)(H,18,19). The second-order valence-electron chi connectivity index (χ2n) is 4.13. The van der Waals surface area contributed by atoms with Crippen LogP contribution in [0, 0.1) is 10.1 Å². The van der Waals surface area contributed by atoms with E-state index in [4.69, 9.17) is 10.2 Å². The zero-order valence-corrected chi connectivity index (χ0v) is 10.7. The summed E-state index contributed by atoms with van der Waals surface area (Å²) in [6, 6.07) is 2.99. The summed E-state index contributed by atoms with van der Waals surface area (Å²) in [4.78, 5) is 42.6. The van der Waals surface area contributed by atoms with Gasteiger partial charge in [0.1, 0.15) is 0 Å². The van der Waals surface area contributed by atoms with Gasteiger partial charge in [-0.05, 0) is 12.5 Å². The van der Waals surface area contributed by atoms with E-state index in [0.717, 1.165) is 18.2 Å². The number of amides is 1. The summed E-state index contributed by atoms with van der Waals surface area (Å²) in [5.74, 6) is -2.94. The van der Waals surface area contributed by atoms with Crippen molar-refractivity contribution in [3.63, 3.8) is 0 Å². The lowest BCUT2D eigenvalue weighted by atomic mass is 10.1. The minimum atomic E-state index is -1.36. The van der Waals surface area contributed by atoms with Crippen LogP contribution in [0.1, 0.15) is 29.6 Å². The van der Waals surface area contributed by atoms with Crippen molar-refractivity contribution >= 4 is 29.2 Å². The fourth-order valence-electron chi connectivity index (χ4n) is 1.54. The smallest absolute Gasteiger partial charge is 0.336 e. The van der Waals surface area contributed by atoms with E-state index in [-0.39, 0.29) is 30.5 Å². The van der Waals surface area contributed by atoms with E-state index in [1.807, 2.05) is 0 Å². The summed E-state index contributed by atoms with van der Waals surface area (Å²) >= 11 is 0. The first-order valence-corrected chi connectivity index (χ1v) is 5.84. The Balaban J connectivity index is 2.82. The lowest BCUT2D eigenvalue weighted by Gasteiger charge is -2.06. The maximum absolute atomic E-state index is 11.5. The van der Waals surface area contributed by atoms with Gasteiger partial charge in [0.05, 0.1) is 10.5 Å². The highest BCUT2D eigenvalue weighted by Gasteiger charge is 2.15. The third-order valence-electron chi connectivity index (χ3n) is 2.45. The molecule has 0 bridgehead atoms. The van der Waals surface area contributed by atoms with E-state index in [1.54, 1.807) is 0 Å². The molecule has 9 nitrogen and oxygen atoms in total. The third kappa shape index (κ3) is 5.27. The summed E-state index contributed by atoms with van der Waals surface area (Å²) < 4.78 is 0. The number of aromatic carboxylic acids is 1. The van der Waals surface area contributed by atoms with Crippen LogP contribution in [0.3, 0.4) is 0 Å². The predicted molar refractivity (Wildman–Crippen MR) is 70.2 cm³/mol. The Hall–Kier alpha value is -2.97. The minimum Gasteiger partial charge on any atom is -0.481 e. The molecule has 21 heavy (non-hydrogen) atoms. The predicted octanol–water partition coefficient (Wildman–Crippen LogP) is 1.49. The fourth-order valence-corrected chi connectivity index (χ4v) is 1.54. The molecule has 1 aromatic carbocycles. The first-order chi connectivity index (χ1) is 9.79. The number of carbonyl (C=O) groups is 3. The van der Waals surface area contributed by atoms with Crippen LogP contribution in [0.2, 0.25) is 0 Å². The highest BCUT2D eigenvalue weighted by Crippen LogP contribution is 2.21. The van der Waals surface area contributed by atoms with Crippen molar-refractivity contribution < 1.29 is 29.5 Å². The average molecular weight is 296 g/mol. The van der Waals surface area contributed by atoms with Gasteiger partial charge >= 0.3 is 11.9 Å². The van der Waals surface area contributed by atoms with E-state index in [0.29, 0.717) is 0 Å². The zero-order chi connectivity index (χ0) is 16.0. The van der Waals surface area contributed by atoms with Gasteiger partial charge in [0.25, 0.3) is 5.69 Å². The topological polar surface area (TPSA) is 147 Å². The highest BCUT2D eigenvalue weighted by molar-refractivity contribution is 5.94. The van der Waals surface area contributed by atoms with Crippen molar-refractivity contribution in [1.82, 2.24) is 0 Å². The largest absolute Gasteiger partial charge is 0.481 e. The molecular formula is C12H12N2O7. The van der Waals surface area contributed by atoms with Gasteiger partial charge in [-0.3, -0.25) is 19.7 Å². The number of nitrogens with one attached hydrogen (secondary N) is 1. The Kier molecular flexibility index (Phi) is 5.35. The number of nitro groups is 1. The van der Waals surface area contributed by atoms with Crippen LogP contribution in [0.15, 0.2) is 18.2 Å². The Morgan fingerprint density at radius 3 is 2.33 bits per heavy atom. The number of carboxylic acid groups (broad SMARTS) is 2. The van der Waals surface area contributed by atoms with Crippen molar-refractivity contribution in [2.75, 3.05) is 5.32 Å². The number of hydrogen-bond acceptors (Lipinski definition) is 5. The molecule has 112 valence electrons. The average Bonchev–Trinajstić information content (AvgIpc) is 2.37. The molecule has 9 heteroatoms. The molecule has 0 atom stereocenters. The van der Waals surface area contributed by atoms with E-state index in [2.05, 4.69) is 5.32 Å². The summed E-state index contributed by atoms with van der Waals surface area (Å²) in [7, 11) is 0. The molecule has 0 aliphatic carbocycles. The lowest BCUT2D eigenvalue weighted by molar-refractivity contribution is -0.384. The Morgan fingerprint density at radius 1 is 1.14 bits per heavy atom. The number of carbonyl (C=O) groups excluding carboxylic acids is 1. The van der Waals surface area contributed by atoms with Gasteiger partial charge in [0.15, 0.2) is 0 Å². The van der Waals surface area contributed by atoms with Crippen molar-refractivity contribution in [1.29, 1.82) is 0 Å². The molecular weight excluding hydrogens is 284 g/mol. The van der Waals surface area contributed by atoms with Gasteiger partial charge < -0.3 is 15.5 Å². The monoisotopic (exact) mass is 296 g/mol. The van der Waals surface area contributed by atoms with Crippen molar-refractivity contribution in [2.24, 2.45) is 0 Å². The minimum absolute atomic E-state index is 0.0260. The second-order valence-corrected chi connectivity index (χ2v) is 4.13. The summed E-state index contributed by atoms with van der Waals surface area (Å²) in [6.07, 6.45) is -0.151. The fraction of sp³-hybridized carbons (Fsp3) is 0.250. The molecule has 0 radical (unpaired) electrons. The number of carboxylic acids is 2. The summed E-state index contributed by atoms with van der Waals surface area (Å²) in [6.45, 7) is 0. The van der Waals surface area contributed by atoms with E-state index in [9.17, 15) is 24.5 Å². The molecule has 0 saturated carbocycles. The molecule has 0 saturated heterocycles. The van der Waals surface area contributed by atoms with Gasteiger partial charge in [-0.15, -0.1) is 0 Å². The number of aliphatic carboxylic acids is 1. The Labute approximate surface area is 118 Å². The van der Waals surface area contributed by atoms with Crippen LogP contribution >= 0.6 is 0 Å². The number of rotatable bonds is 7. The Morgan fingerprint density at radius 2 is 1.81 bits per heavy atom. The highest BCUT2D eigenvalue weighted by atomic mass is 16.6. The van der Waals surface area contributed by atoms with Crippen molar-refractivity contribution in [2.45, 2.75) is 19.3 Å². The summed E-state index contributed by atoms with van der Waals surface area (Å²) in [5.41, 5.74) is -0.817. The molecule has 0 aromatic heterocycles. The van der Waals surface area contributed by atoms with Crippen LogP contribution in [0.5, 0.6) is 0 Å². The molecule has 0 fully saturated rings. The zero-order valence-electron chi connectivity index (χ0n) is 10.7. The van der Waals surface area contributed by atoms with E-state index in [1.165, 1.54) is 0 Å². The van der Waals surface area contributed by atoms with Gasteiger partial charge in [0, 0.05) is 30.7 Å². The number of benzene rings is 1. The van der Waals surface area contributed by atoms with Gasteiger partial charge in [-0.2, -0.15) is 0 Å². The second kappa shape index (κ2) is 6.98. The van der Waals surface area contributed by atoms with Gasteiger partial charge in [-0.1, -0.05) is 0 Å². The number of anilines is 1. The van der Waals surface area contributed by atoms with Crippen molar-refractivity contribution in [3.05, 3.63) is 33.9 Å². The van der Waals surface area contributed by atoms with Crippen LogP contribution in [-0.2, 0) is 9.59 Å². The SMILES string of the molecule is O=C(O)CCCC(=O)Nc1cc(C(=O)O)cc([N+](=O)[O-])c1. The molecule has 0 unspecified atom stereocenters. The number of hydrogen-bond donors (Lipinski definition) is 3. The number of non-ortho nitro benzene ring substituents is 1. The van der Waals surface area contributed by atoms with E-state index < -0.39 is 28.5 Å². The quantitative estimate of drug-likeness (QED) is 0.510. The van der Waals surface area contributed by atoms with Gasteiger partial charge in [0.2, 0.25) is 5.91 Å². The maximum Gasteiger partial charge on any atom is 0.336 e. The normalized spacial score (nSPS) is 9.90. The number of nitrogens with zero attached hydrogens (tertiary/aromatic N) is 1. The first-order valence-electron chi connectivity index (χ1n) is 5.84. The molecule has 1 rings (SSSR count). The molecule has 0 heterocycles. The molecule has 0 aliphatic rings. The molecule has 3 N–H and O–H groups in total. The molecule has 0 aliphatic heterocycles. The summed E-state index contributed by atoms with van der Waals surface area (Å²) in [5, 5.41) is 30.3. The van der Waals surface area contributed by atoms with Gasteiger partial charge in [-0.25, -0.2) is 4.79 Å². The third-order valence-corrected chi connectivity index (χ3v) is 2.45. The van der Waals surface area contributed by atoms with Crippen LogP contribution in [0.25, 0.3) is 0 Å². The van der Waals surface area contributed by atoms with Crippen LogP contribution in [0.4, 0.5) is 11.4 Å². The molecule has 1 amide bonds. The first kappa shape index (κ1) is 16.1. The lowest BCUT2D eigenvalue weighted by Crippen LogP contribution is -2.13. The van der Waals surface area contributed by atoms with Crippen LogP contribution in [-0.4, -0.2) is 33.0 Å². The molecule has 0 spiro atoms. The molecule has 1 aromatic rings. The maximum atomic E-state index is 11.5.